The molecule has 0 saturated carbocycles. The van der Waals surface area contributed by atoms with Gasteiger partial charge in [-0.25, -0.2) is 0 Å². The largest absolute Gasteiger partial charge is 0.383 e. The third-order valence-electron chi connectivity index (χ3n) is 4.32. The number of hydrogen-bond donors (Lipinski definition) is 2. The summed E-state index contributed by atoms with van der Waals surface area (Å²) in [7, 11) is 1.70. The number of ether oxygens (including phenoxy) is 2. The molecule has 0 radical (unpaired) electrons. The van der Waals surface area contributed by atoms with Crippen molar-refractivity contribution in [1.29, 1.82) is 0 Å². The maximum Gasteiger partial charge on any atom is 0.251 e. The molecular weight excluding hydrogens is 304 g/mol. The summed E-state index contributed by atoms with van der Waals surface area (Å²) in [5.74, 6) is -0.0334. The van der Waals surface area contributed by atoms with Crippen molar-refractivity contribution in [2.24, 2.45) is 0 Å². The van der Waals surface area contributed by atoms with Crippen molar-refractivity contribution in [1.82, 2.24) is 10.6 Å². The fourth-order valence-electron chi connectivity index (χ4n) is 3.13. The van der Waals surface area contributed by atoms with E-state index in [1.54, 1.807) is 7.11 Å². The van der Waals surface area contributed by atoms with Crippen molar-refractivity contribution in [3.63, 3.8) is 0 Å². The quantitative estimate of drug-likeness (QED) is 0.863. The van der Waals surface area contributed by atoms with E-state index in [1.807, 2.05) is 18.2 Å². The monoisotopic (exact) mass is 326 g/mol. The highest BCUT2D eigenvalue weighted by Crippen LogP contribution is 2.22. The molecule has 0 aromatic heterocycles. The predicted molar refractivity (Wildman–Crippen MR) is 86.4 cm³/mol. The fourth-order valence-corrected chi connectivity index (χ4v) is 3.13. The van der Waals surface area contributed by atoms with E-state index in [0.717, 1.165) is 24.9 Å². The molecular formula is C16H23ClN2O3. The molecule has 1 amide bonds. The summed E-state index contributed by atoms with van der Waals surface area (Å²) in [4.78, 5) is 12.3. The Morgan fingerprint density at radius 1 is 1.41 bits per heavy atom. The molecule has 0 bridgehead atoms. The van der Waals surface area contributed by atoms with E-state index in [0.29, 0.717) is 31.9 Å². The van der Waals surface area contributed by atoms with Gasteiger partial charge in [0, 0.05) is 19.2 Å². The van der Waals surface area contributed by atoms with Crippen LogP contribution in [-0.4, -0.2) is 38.3 Å². The highest BCUT2D eigenvalue weighted by Gasteiger charge is 2.33. The first-order valence-electron chi connectivity index (χ1n) is 7.44. The Kier molecular flexibility index (Phi) is 5.81. The van der Waals surface area contributed by atoms with Crippen LogP contribution < -0.4 is 10.6 Å². The number of hydrogen-bond acceptors (Lipinski definition) is 4. The maximum absolute atomic E-state index is 12.3. The lowest BCUT2D eigenvalue weighted by Gasteiger charge is -2.29. The summed E-state index contributed by atoms with van der Waals surface area (Å²) in [6.07, 6.45) is 2.15. The molecule has 0 aliphatic carbocycles. The summed E-state index contributed by atoms with van der Waals surface area (Å²) >= 11 is 0. The molecule has 5 nitrogen and oxygen atoms in total. The highest BCUT2D eigenvalue weighted by atomic mass is 35.5. The Labute approximate surface area is 137 Å². The minimum atomic E-state index is -0.121. The van der Waals surface area contributed by atoms with Gasteiger partial charge in [-0.15, -0.1) is 12.4 Å². The Balaban J connectivity index is 0.00000176. The molecule has 1 atom stereocenters. The number of rotatable bonds is 5. The standard InChI is InChI=1S/C16H22N2O3.ClH/c1-20-11-16(5-2-6-18-16)10-17-15(19)12-3-4-13-8-21-9-14(13)7-12;/h3-4,7,18H,2,5-6,8-11H2,1H3,(H,17,19);1H. The molecule has 22 heavy (non-hydrogen) atoms. The van der Waals surface area contributed by atoms with Crippen LogP contribution in [0.2, 0.25) is 0 Å². The number of carbonyl (C=O) groups is 1. The summed E-state index contributed by atoms with van der Waals surface area (Å²) < 4.78 is 10.7. The maximum atomic E-state index is 12.3. The van der Waals surface area contributed by atoms with Gasteiger partial charge in [-0.05, 0) is 42.6 Å². The fraction of sp³-hybridized carbons (Fsp3) is 0.562. The van der Waals surface area contributed by atoms with Crippen molar-refractivity contribution in [2.75, 3.05) is 26.8 Å². The number of carbonyl (C=O) groups excluding carboxylic acids is 1. The Hall–Kier alpha value is -1.14. The van der Waals surface area contributed by atoms with Crippen molar-refractivity contribution >= 4 is 18.3 Å². The van der Waals surface area contributed by atoms with Crippen LogP contribution in [0, 0.1) is 0 Å². The Morgan fingerprint density at radius 3 is 2.95 bits per heavy atom. The molecule has 0 spiro atoms. The van der Waals surface area contributed by atoms with Crippen molar-refractivity contribution in [3.05, 3.63) is 34.9 Å². The highest BCUT2D eigenvalue weighted by molar-refractivity contribution is 5.94. The van der Waals surface area contributed by atoms with Crippen LogP contribution in [0.3, 0.4) is 0 Å². The molecule has 122 valence electrons. The second-order valence-corrected chi connectivity index (χ2v) is 5.90. The average Bonchev–Trinajstić information content (AvgIpc) is 3.13. The number of amides is 1. The van der Waals surface area contributed by atoms with Crippen LogP contribution in [0.1, 0.15) is 34.3 Å². The third-order valence-corrected chi connectivity index (χ3v) is 4.32. The molecule has 2 aliphatic rings. The van der Waals surface area contributed by atoms with Crippen LogP contribution in [-0.2, 0) is 22.7 Å². The number of benzene rings is 1. The molecule has 1 aromatic carbocycles. The first-order valence-corrected chi connectivity index (χ1v) is 7.44. The molecule has 6 heteroatoms. The van der Waals surface area contributed by atoms with Gasteiger partial charge in [0.2, 0.25) is 0 Å². The van der Waals surface area contributed by atoms with E-state index in [-0.39, 0.29) is 23.9 Å². The lowest BCUT2D eigenvalue weighted by atomic mass is 9.98. The lowest BCUT2D eigenvalue weighted by Crippen LogP contribution is -2.53. The average molecular weight is 327 g/mol. The molecule has 1 unspecified atom stereocenters. The first-order chi connectivity index (χ1) is 10.2. The van der Waals surface area contributed by atoms with Crippen LogP contribution in [0.5, 0.6) is 0 Å². The van der Waals surface area contributed by atoms with Crippen LogP contribution >= 0.6 is 12.4 Å². The van der Waals surface area contributed by atoms with Crippen LogP contribution in [0.25, 0.3) is 0 Å². The minimum Gasteiger partial charge on any atom is -0.383 e. The number of methoxy groups -OCH3 is 1. The molecule has 2 heterocycles. The summed E-state index contributed by atoms with van der Waals surface area (Å²) in [6.45, 7) is 3.44. The summed E-state index contributed by atoms with van der Waals surface area (Å²) in [5.41, 5.74) is 2.88. The zero-order chi connectivity index (χ0) is 14.7. The van der Waals surface area contributed by atoms with Gasteiger partial charge < -0.3 is 20.1 Å². The van der Waals surface area contributed by atoms with Gasteiger partial charge in [0.15, 0.2) is 0 Å². The van der Waals surface area contributed by atoms with Crippen LogP contribution in [0.15, 0.2) is 18.2 Å². The molecule has 1 fully saturated rings. The van der Waals surface area contributed by atoms with Gasteiger partial charge in [-0.2, -0.15) is 0 Å². The van der Waals surface area contributed by atoms with E-state index in [2.05, 4.69) is 10.6 Å². The van der Waals surface area contributed by atoms with Crippen molar-refractivity contribution in [2.45, 2.75) is 31.6 Å². The van der Waals surface area contributed by atoms with E-state index in [9.17, 15) is 4.79 Å². The van der Waals surface area contributed by atoms with E-state index in [1.165, 1.54) is 5.56 Å². The molecule has 1 saturated heterocycles. The SMILES string of the molecule is COCC1(CNC(=O)c2ccc3c(c2)COC3)CCCN1.Cl. The van der Waals surface area contributed by atoms with Gasteiger partial charge in [-0.3, -0.25) is 4.79 Å². The number of nitrogens with one attached hydrogen (secondary N) is 2. The third kappa shape index (κ3) is 3.60. The van der Waals surface area contributed by atoms with Gasteiger partial charge in [-0.1, -0.05) is 6.07 Å². The first kappa shape index (κ1) is 17.2. The van der Waals surface area contributed by atoms with E-state index < -0.39 is 0 Å². The Bertz CT molecular complexity index is 530. The summed E-state index contributed by atoms with van der Waals surface area (Å²) in [5, 5.41) is 6.50. The predicted octanol–water partition coefficient (Wildman–Crippen LogP) is 1.64. The van der Waals surface area contributed by atoms with Crippen LogP contribution in [0.4, 0.5) is 0 Å². The topological polar surface area (TPSA) is 59.6 Å². The van der Waals surface area contributed by atoms with Crippen molar-refractivity contribution < 1.29 is 14.3 Å². The van der Waals surface area contributed by atoms with Gasteiger partial charge in [0.25, 0.3) is 5.91 Å². The van der Waals surface area contributed by atoms with E-state index >= 15 is 0 Å². The molecule has 2 aliphatic heterocycles. The number of halogens is 1. The summed E-state index contributed by atoms with van der Waals surface area (Å²) in [6, 6.07) is 5.78. The second kappa shape index (κ2) is 7.42. The zero-order valence-electron chi connectivity index (χ0n) is 12.8. The zero-order valence-corrected chi connectivity index (χ0v) is 13.6. The van der Waals surface area contributed by atoms with E-state index in [4.69, 9.17) is 9.47 Å². The van der Waals surface area contributed by atoms with Gasteiger partial charge in [0.05, 0.1) is 25.4 Å². The molecule has 3 rings (SSSR count). The molecule has 2 N–H and O–H groups in total. The smallest absolute Gasteiger partial charge is 0.251 e. The second-order valence-electron chi connectivity index (χ2n) is 5.90. The molecule has 1 aromatic rings. The Morgan fingerprint density at radius 2 is 2.23 bits per heavy atom. The number of fused-ring (bicyclic) bond motifs is 1. The van der Waals surface area contributed by atoms with Gasteiger partial charge in [0.1, 0.15) is 0 Å². The van der Waals surface area contributed by atoms with Crippen molar-refractivity contribution in [3.8, 4) is 0 Å². The lowest BCUT2D eigenvalue weighted by molar-refractivity contribution is 0.0892. The normalized spacial score (nSPS) is 23.0. The minimum absolute atomic E-state index is 0. The van der Waals surface area contributed by atoms with Gasteiger partial charge >= 0.3 is 0 Å².